The van der Waals surface area contributed by atoms with Gasteiger partial charge in [0.1, 0.15) is 16.4 Å². The van der Waals surface area contributed by atoms with E-state index < -0.39 is 11.8 Å². The first-order valence-corrected chi connectivity index (χ1v) is 12.8. The quantitative estimate of drug-likeness (QED) is 0.341. The van der Waals surface area contributed by atoms with Gasteiger partial charge in [0.05, 0.1) is 18.5 Å². The Balaban J connectivity index is 1.70. The van der Waals surface area contributed by atoms with Crippen LogP contribution in [0.3, 0.4) is 0 Å². The molecule has 3 amide bonds. The molecule has 4 rings (SSSR count). The number of hydrogen-bond donors (Lipinski definition) is 2. The highest BCUT2D eigenvalue weighted by Gasteiger charge is 2.40. The molecule has 0 spiro atoms. The molecule has 0 aromatic heterocycles. The summed E-state index contributed by atoms with van der Waals surface area (Å²) in [6.07, 6.45) is 0.411. The van der Waals surface area contributed by atoms with E-state index in [0.29, 0.717) is 34.1 Å². The van der Waals surface area contributed by atoms with E-state index >= 15 is 0 Å². The number of anilines is 3. The van der Waals surface area contributed by atoms with Crippen LogP contribution in [0, 0.1) is 12.8 Å². The van der Waals surface area contributed by atoms with E-state index in [2.05, 4.69) is 10.6 Å². The SMILES string of the molecule is COc1ccc(C)cc1NC1=C(Sc2cccc(NC(=O)CC(C)C)c2)C(=O)N(c2ccccc2)C1=O. The van der Waals surface area contributed by atoms with Crippen LogP contribution in [-0.2, 0) is 14.4 Å². The normalized spacial score (nSPS) is 13.4. The minimum Gasteiger partial charge on any atom is -0.495 e. The van der Waals surface area contributed by atoms with Gasteiger partial charge in [-0.25, -0.2) is 4.90 Å². The highest BCUT2D eigenvalue weighted by atomic mass is 32.2. The molecule has 0 fully saturated rings. The van der Waals surface area contributed by atoms with Crippen LogP contribution in [0.5, 0.6) is 5.75 Å². The summed E-state index contributed by atoms with van der Waals surface area (Å²) < 4.78 is 5.48. The lowest BCUT2D eigenvalue weighted by Crippen LogP contribution is -2.32. The number of amides is 3. The van der Waals surface area contributed by atoms with Gasteiger partial charge in [-0.05, 0) is 60.9 Å². The van der Waals surface area contributed by atoms with Gasteiger partial charge in [0, 0.05) is 17.0 Å². The third-order valence-corrected chi connectivity index (χ3v) is 6.67. The van der Waals surface area contributed by atoms with Gasteiger partial charge in [0.25, 0.3) is 11.8 Å². The standard InChI is InChI=1S/C29H29N3O4S/c1-18(2)15-25(33)30-20-9-8-12-22(17-20)37-27-26(31-23-16-19(3)13-14-24(23)36-4)28(34)32(29(27)35)21-10-6-5-7-11-21/h5-14,16-18,31H,15H2,1-4H3,(H,30,33). The largest absolute Gasteiger partial charge is 0.495 e. The smallest absolute Gasteiger partial charge is 0.283 e. The number of rotatable bonds is 9. The molecule has 3 aromatic carbocycles. The molecule has 1 aliphatic rings. The van der Waals surface area contributed by atoms with Crippen LogP contribution in [0.2, 0.25) is 0 Å². The molecule has 0 saturated heterocycles. The number of thioether (sulfide) groups is 1. The van der Waals surface area contributed by atoms with Crippen molar-refractivity contribution in [3.8, 4) is 5.75 Å². The van der Waals surface area contributed by atoms with Crippen LogP contribution < -0.4 is 20.3 Å². The first-order chi connectivity index (χ1) is 17.8. The number of carbonyl (C=O) groups excluding carboxylic acids is 3. The summed E-state index contributed by atoms with van der Waals surface area (Å²) >= 11 is 1.17. The summed E-state index contributed by atoms with van der Waals surface area (Å²) in [5.74, 6) is -0.169. The van der Waals surface area contributed by atoms with Crippen molar-refractivity contribution >= 4 is 46.5 Å². The van der Waals surface area contributed by atoms with Crippen molar-refractivity contribution in [2.24, 2.45) is 5.92 Å². The number of methoxy groups -OCH3 is 1. The van der Waals surface area contributed by atoms with Gasteiger partial charge in [-0.2, -0.15) is 0 Å². The fourth-order valence-electron chi connectivity index (χ4n) is 3.92. The second-order valence-electron chi connectivity index (χ2n) is 9.09. The van der Waals surface area contributed by atoms with Gasteiger partial charge in [0.15, 0.2) is 0 Å². The molecule has 0 unspecified atom stereocenters. The zero-order valence-electron chi connectivity index (χ0n) is 21.2. The number of carbonyl (C=O) groups is 3. The van der Waals surface area contributed by atoms with Crippen LogP contribution >= 0.6 is 11.8 Å². The predicted molar refractivity (Wildman–Crippen MR) is 148 cm³/mol. The third kappa shape index (κ3) is 6.03. The predicted octanol–water partition coefficient (Wildman–Crippen LogP) is 5.98. The average molecular weight is 516 g/mol. The number of nitrogens with zero attached hydrogens (tertiary/aromatic N) is 1. The van der Waals surface area contributed by atoms with Crippen molar-refractivity contribution in [2.75, 3.05) is 22.6 Å². The number of para-hydroxylation sites is 1. The summed E-state index contributed by atoms with van der Waals surface area (Å²) in [4.78, 5) is 41.6. The van der Waals surface area contributed by atoms with Gasteiger partial charge >= 0.3 is 0 Å². The molecule has 0 atom stereocenters. The fraction of sp³-hybridized carbons (Fsp3) is 0.207. The lowest BCUT2D eigenvalue weighted by Gasteiger charge is -2.16. The van der Waals surface area contributed by atoms with Crippen LogP contribution in [0.4, 0.5) is 17.1 Å². The molecule has 3 aromatic rings. The van der Waals surface area contributed by atoms with E-state index in [4.69, 9.17) is 4.74 Å². The van der Waals surface area contributed by atoms with Gasteiger partial charge in [-0.3, -0.25) is 14.4 Å². The second kappa shape index (κ2) is 11.3. The zero-order chi connectivity index (χ0) is 26.5. The number of imide groups is 1. The summed E-state index contributed by atoms with van der Waals surface area (Å²) in [7, 11) is 1.55. The van der Waals surface area contributed by atoms with E-state index in [-0.39, 0.29) is 22.4 Å². The Morgan fingerprint density at radius 1 is 0.973 bits per heavy atom. The number of aryl methyl sites for hydroxylation is 1. The Kier molecular flexibility index (Phi) is 7.98. The van der Waals surface area contributed by atoms with Crippen molar-refractivity contribution in [3.05, 3.63) is 89.0 Å². The molecular formula is C29H29N3O4S. The van der Waals surface area contributed by atoms with Crippen LogP contribution in [0.25, 0.3) is 0 Å². The minimum absolute atomic E-state index is 0.0763. The number of nitrogens with one attached hydrogen (secondary N) is 2. The first-order valence-electron chi connectivity index (χ1n) is 11.9. The van der Waals surface area contributed by atoms with Crippen LogP contribution in [-0.4, -0.2) is 24.8 Å². The molecule has 1 heterocycles. The van der Waals surface area contributed by atoms with Crippen molar-refractivity contribution in [3.63, 3.8) is 0 Å². The number of benzene rings is 3. The summed E-state index contributed by atoms with van der Waals surface area (Å²) in [6, 6.07) is 21.6. The molecule has 0 aliphatic carbocycles. The highest BCUT2D eigenvalue weighted by molar-refractivity contribution is 8.04. The van der Waals surface area contributed by atoms with E-state index in [1.54, 1.807) is 49.6 Å². The molecule has 37 heavy (non-hydrogen) atoms. The lowest BCUT2D eigenvalue weighted by molar-refractivity contribution is -0.120. The van der Waals surface area contributed by atoms with Gasteiger partial charge in [0.2, 0.25) is 5.91 Å². The number of ether oxygens (including phenoxy) is 1. The molecule has 0 bridgehead atoms. The Morgan fingerprint density at radius 3 is 2.43 bits per heavy atom. The monoisotopic (exact) mass is 515 g/mol. The Hall–Kier alpha value is -4.04. The molecule has 7 nitrogen and oxygen atoms in total. The van der Waals surface area contributed by atoms with Gasteiger partial charge in [-0.1, -0.05) is 55.9 Å². The van der Waals surface area contributed by atoms with E-state index in [1.807, 2.05) is 51.1 Å². The summed E-state index contributed by atoms with van der Waals surface area (Å²) in [5, 5.41) is 6.07. The second-order valence-corrected chi connectivity index (χ2v) is 10.2. The molecule has 8 heteroatoms. The third-order valence-electron chi connectivity index (χ3n) is 5.60. The maximum Gasteiger partial charge on any atom is 0.283 e. The van der Waals surface area contributed by atoms with Crippen molar-refractivity contribution < 1.29 is 19.1 Å². The topological polar surface area (TPSA) is 87.7 Å². The van der Waals surface area contributed by atoms with E-state index in [9.17, 15) is 14.4 Å². The Morgan fingerprint density at radius 2 is 1.73 bits per heavy atom. The van der Waals surface area contributed by atoms with Crippen molar-refractivity contribution in [1.82, 2.24) is 0 Å². The van der Waals surface area contributed by atoms with Crippen LogP contribution in [0.15, 0.2) is 88.3 Å². The Labute approximate surface area is 220 Å². The van der Waals surface area contributed by atoms with Crippen molar-refractivity contribution in [2.45, 2.75) is 32.1 Å². The average Bonchev–Trinajstić information content (AvgIpc) is 3.08. The van der Waals surface area contributed by atoms with Crippen molar-refractivity contribution in [1.29, 1.82) is 0 Å². The lowest BCUT2D eigenvalue weighted by atomic mass is 10.1. The highest BCUT2D eigenvalue weighted by Crippen LogP contribution is 2.39. The summed E-state index contributed by atoms with van der Waals surface area (Å²) in [5.41, 5.74) is 2.83. The van der Waals surface area contributed by atoms with E-state index in [0.717, 1.165) is 5.56 Å². The first kappa shape index (κ1) is 26.0. The summed E-state index contributed by atoms with van der Waals surface area (Å²) in [6.45, 7) is 5.90. The molecule has 190 valence electrons. The Bertz CT molecular complexity index is 1370. The zero-order valence-corrected chi connectivity index (χ0v) is 22.0. The maximum absolute atomic E-state index is 13.6. The van der Waals surface area contributed by atoms with Gasteiger partial charge in [-0.15, -0.1) is 0 Å². The fourth-order valence-corrected chi connectivity index (χ4v) is 4.91. The molecule has 0 radical (unpaired) electrons. The van der Waals surface area contributed by atoms with Gasteiger partial charge < -0.3 is 15.4 Å². The number of hydrogen-bond acceptors (Lipinski definition) is 6. The van der Waals surface area contributed by atoms with Crippen LogP contribution in [0.1, 0.15) is 25.8 Å². The molecule has 2 N–H and O–H groups in total. The maximum atomic E-state index is 13.6. The molecule has 0 saturated carbocycles. The molecular weight excluding hydrogens is 486 g/mol. The minimum atomic E-state index is -0.455. The molecule has 1 aliphatic heterocycles. The van der Waals surface area contributed by atoms with E-state index in [1.165, 1.54) is 16.7 Å².